The third kappa shape index (κ3) is 6.08. The zero-order valence-electron chi connectivity index (χ0n) is 29.0. The first kappa shape index (κ1) is 33.5. The molecule has 0 spiro atoms. The third-order valence-corrected chi connectivity index (χ3v) is 9.75. The van der Waals surface area contributed by atoms with Crippen LogP contribution in [-0.4, -0.2) is 19.5 Å². The van der Waals surface area contributed by atoms with E-state index in [1.54, 1.807) is 24.3 Å². The largest absolute Gasteiger partial charge is 0.417 e. The third-order valence-electron chi connectivity index (χ3n) is 9.75. The van der Waals surface area contributed by atoms with Gasteiger partial charge in [-0.3, -0.25) is 0 Å². The second-order valence-corrected chi connectivity index (χ2v) is 13.1. The molecule has 5 nitrogen and oxygen atoms in total. The van der Waals surface area contributed by atoms with Crippen LogP contribution in [0.15, 0.2) is 170 Å². The summed E-state index contributed by atoms with van der Waals surface area (Å²) in [5, 5.41) is 11.8. The smallest absolute Gasteiger partial charge is 0.309 e. The Balaban J connectivity index is 1.36. The maximum absolute atomic E-state index is 14.7. The fraction of sp³-hybridized carbons (Fsp3) is 0.0213. The Labute approximate surface area is 314 Å². The number of alkyl halides is 3. The van der Waals surface area contributed by atoms with Gasteiger partial charge in [0.15, 0.2) is 17.5 Å². The zero-order valence-corrected chi connectivity index (χ0v) is 29.0. The van der Waals surface area contributed by atoms with Gasteiger partial charge in [0.1, 0.15) is 0 Å². The normalized spacial score (nSPS) is 11.5. The standard InChI is InChI=1S/C47H28F3N5/c48-47(49,50)40-21-11-9-19-36(40)38-26-24-33(46-53-44(30-13-3-1-4-14-30)52-45(54-46)31-15-5-2-6-16-31)28-43(38)55-41-22-12-10-20-37(41)39-25-23-32(27-42(39)55)35-18-8-7-17-34(35)29-51/h1-28H. The molecule has 0 saturated carbocycles. The van der Waals surface area contributed by atoms with Crippen molar-refractivity contribution >= 4 is 21.8 Å². The van der Waals surface area contributed by atoms with Gasteiger partial charge < -0.3 is 4.57 Å². The summed E-state index contributed by atoms with van der Waals surface area (Å²) in [6.45, 7) is 0. The highest BCUT2D eigenvalue weighted by atomic mass is 19.4. The van der Waals surface area contributed by atoms with E-state index < -0.39 is 11.7 Å². The molecular formula is C47H28F3N5. The Morgan fingerprint density at radius 2 is 1.00 bits per heavy atom. The topological polar surface area (TPSA) is 67.4 Å². The van der Waals surface area contributed by atoms with E-state index in [0.717, 1.165) is 50.1 Å². The summed E-state index contributed by atoms with van der Waals surface area (Å²) in [6, 6.07) is 53.7. The quantitative estimate of drug-likeness (QED) is 0.172. The van der Waals surface area contributed by atoms with Gasteiger partial charge in [-0.1, -0.05) is 140 Å². The lowest BCUT2D eigenvalue weighted by Gasteiger charge is -2.19. The van der Waals surface area contributed by atoms with Crippen LogP contribution >= 0.6 is 0 Å². The number of hydrogen-bond donors (Lipinski definition) is 0. The van der Waals surface area contributed by atoms with Crippen molar-refractivity contribution in [3.63, 3.8) is 0 Å². The summed E-state index contributed by atoms with van der Waals surface area (Å²) >= 11 is 0. The molecule has 0 bridgehead atoms. The average molecular weight is 720 g/mol. The van der Waals surface area contributed by atoms with Gasteiger partial charge in [-0.2, -0.15) is 18.4 Å². The number of nitrogens with zero attached hydrogens (tertiary/aromatic N) is 5. The number of rotatable bonds is 6. The highest BCUT2D eigenvalue weighted by Gasteiger charge is 2.34. The van der Waals surface area contributed by atoms with Crippen LogP contribution in [0, 0.1) is 11.3 Å². The maximum Gasteiger partial charge on any atom is 0.417 e. The van der Waals surface area contributed by atoms with Gasteiger partial charge in [-0.15, -0.1) is 0 Å². The summed E-state index contributed by atoms with van der Waals surface area (Å²) in [6.07, 6.45) is -4.61. The lowest BCUT2D eigenvalue weighted by molar-refractivity contribution is -0.137. The summed E-state index contributed by atoms with van der Waals surface area (Å²) < 4.78 is 46.2. The first-order chi connectivity index (χ1) is 26.9. The molecule has 7 aromatic carbocycles. The molecule has 9 rings (SSSR count). The Morgan fingerprint density at radius 1 is 0.455 bits per heavy atom. The first-order valence-electron chi connectivity index (χ1n) is 17.6. The van der Waals surface area contributed by atoms with Crippen molar-refractivity contribution in [1.29, 1.82) is 5.26 Å². The molecule has 0 aliphatic heterocycles. The molecule has 55 heavy (non-hydrogen) atoms. The first-order valence-corrected chi connectivity index (χ1v) is 17.6. The Hall–Kier alpha value is -7.37. The van der Waals surface area contributed by atoms with Crippen molar-refractivity contribution in [2.75, 3.05) is 0 Å². The fourth-order valence-corrected chi connectivity index (χ4v) is 7.22. The SMILES string of the molecule is N#Cc1ccccc1-c1ccc2c3ccccc3n(-c3cc(-c4nc(-c5ccccc5)nc(-c5ccccc5)n4)ccc3-c3ccccc3C(F)(F)F)c2c1. The van der Waals surface area contributed by atoms with Gasteiger partial charge in [0.05, 0.1) is 33.9 Å². The highest BCUT2D eigenvalue weighted by molar-refractivity contribution is 6.11. The van der Waals surface area contributed by atoms with Gasteiger partial charge in [-0.25, -0.2) is 15.0 Å². The molecule has 0 saturated heterocycles. The molecule has 0 amide bonds. The van der Waals surface area contributed by atoms with Gasteiger partial charge >= 0.3 is 6.18 Å². The van der Waals surface area contributed by atoms with Gasteiger partial charge in [0.25, 0.3) is 0 Å². The lowest BCUT2D eigenvalue weighted by Crippen LogP contribution is -2.08. The van der Waals surface area contributed by atoms with Crippen LogP contribution in [0.25, 0.3) is 83.9 Å². The van der Waals surface area contributed by atoms with Gasteiger partial charge in [-0.05, 0) is 47.0 Å². The molecule has 0 atom stereocenters. The van der Waals surface area contributed by atoms with E-state index in [1.165, 1.54) is 12.1 Å². The van der Waals surface area contributed by atoms with Crippen LogP contribution in [0.1, 0.15) is 11.1 Å². The predicted octanol–water partition coefficient (Wildman–Crippen LogP) is 12.2. The molecular weight excluding hydrogens is 692 g/mol. The van der Waals surface area contributed by atoms with E-state index in [0.29, 0.717) is 39.9 Å². The monoisotopic (exact) mass is 719 g/mol. The van der Waals surface area contributed by atoms with Crippen LogP contribution in [0.3, 0.4) is 0 Å². The molecule has 9 aromatic rings. The van der Waals surface area contributed by atoms with Crippen LogP contribution in [0.2, 0.25) is 0 Å². The van der Waals surface area contributed by atoms with Crippen molar-refractivity contribution in [2.24, 2.45) is 0 Å². The van der Waals surface area contributed by atoms with E-state index in [4.69, 9.17) is 15.0 Å². The predicted molar refractivity (Wildman–Crippen MR) is 211 cm³/mol. The van der Waals surface area contributed by atoms with Crippen molar-refractivity contribution < 1.29 is 13.2 Å². The zero-order chi connectivity index (χ0) is 37.5. The van der Waals surface area contributed by atoms with Crippen molar-refractivity contribution in [3.8, 4) is 68.2 Å². The van der Waals surface area contributed by atoms with E-state index in [9.17, 15) is 18.4 Å². The Bertz CT molecular complexity index is 2870. The number of benzene rings is 7. The molecule has 0 unspecified atom stereocenters. The number of halogens is 3. The minimum Gasteiger partial charge on any atom is -0.309 e. The van der Waals surface area contributed by atoms with E-state index in [1.807, 2.05) is 132 Å². The molecule has 2 heterocycles. The van der Waals surface area contributed by atoms with Gasteiger partial charge in [0, 0.05) is 33.0 Å². The number of hydrogen-bond acceptors (Lipinski definition) is 4. The summed E-state index contributed by atoms with van der Waals surface area (Å²) in [7, 11) is 0. The van der Waals surface area contributed by atoms with Crippen molar-refractivity contribution in [2.45, 2.75) is 6.18 Å². The van der Waals surface area contributed by atoms with E-state index in [2.05, 4.69) is 6.07 Å². The van der Waals surface area contributed by atoms with Crippen LogP contribution in [-0.2, 0) is 6.18 Å². The molecule has 2 aromatic heterocycles. The molecule has 0 radical (unpaired) electrons. The molecule has 262 valence electrons. The van der Waals surface area contributed by atoms with Crippen LogP contribution in [0.4, 0.5) is 13.2 Å². The molecule has 0 N–H and O–H groups in total. The molecule has 8 heteroatoms. The van der Waals surface area contributed by atoms with Crippen LogP contribution < -0.4 is 0 Å². The second-order valence-electron chi connectivity index (χ2n) is 13.1. The number of nitriles is 1. The second kappa shape index (κ2) is 13.6. The number of fused-ring (bicyclic) bond motifs is 3. The molecule has 0 aliphatic rings. The number of aromatic nitrogens is 4. The van der Waals surface area contributed by atoms with Crippen LogP contribution in [0.5, 0.6) is 0 Å². The average Bonchev–Trinajstić information content (AvgIpc) is 3.57. The Morgan fingerprint density at radius 3 is 1.67 bits per heavy atom. The lowest BCUT2D eigenvalue weighted by atomic mass is 9.95. The van der Waals surface area contributed by atoms with Crippen molar-refractivity contribution in [3.05, 3.63) is 181 Å². The maximum atomic E-state index is 14.7. The minimum absolute atomic E-state index is 0.0408. The summed E-state index contributed by atoms with van der Waals surface area (Å²) in [5.74, 6) is 1.30. The van der Waals surface area contributed by atoms with E-state index >= 15 is 0 Å². The van der Waals surface area contributed by atoms with Crippen molar-refractivity contribution in [1.82, 2.24) is 19.5 Å². The molecule has 0 aliphatic carbocycles. The Kier molecular flexibility index (Phi) is 8.25. The van der Waals surface area contributed by atoms with E-state index in [-0.39, 0.29) is 5.56 Å². The molecule has 0 fully saturated rings. The summed E-state index contributed by atoms with van der Waals surface area (Å²) in [4.78, 5) is 14.7. The summed E-state index contributed by atoms with van der Waals surface area (Å²) in [5.41, 5.74) is 6.02. The fourth-order valence-electron chi connectivity index (χ4n) is 7.22. The highest BCUT2D eigenvalue weighted by Crippen LogP contribution is 2.43. The minimum atomic E-state index is -4.61. The van der Waals surface area contributed by atoms with Gasteiger partial charge in [0.2, 0.25) is 0 Å². The number of para-hydroxylation sites is 1.